The van der Waals surface area contributed by atoms with Crippen molar-refractivity contribution < 1.29 is 17.6 Å². The largest absolute Gasteiger partial charge is 0.394 e. The van der Waals surface area contributed by atoms with Gasteiger partial charge in [0.1, 0.15) is 6.67 Å². The number of rotatable bonds is 3. The first-order valence-corrected chi connectivity index (χ1v) is 2.68. The summed E-state index contributed by atoms with van der Waals surface area (Å²) >= 11 is 0. The molecule has 10 heavy (non-hydrogen) atoms. The van der Waals surface area contributed by atoms with Crippen LogP contribution in [-0.4, -0.2) is 12.9 Å². The van der Waals surface area contributed by atoms with Gasteiger partial charge in [0.25, 0.3) is 0 Å². The molecule has 0 aliphatic heterocycles. The molecule has 0 aromatic carbocycles. The fraction of sp³-hybridized carbons (Fsp3) is 0.667. The highest BCUT2D eigenvalue weighted by atomic mass is 19.4. The lowest BCUT2D eigenvalue weighted by atomic mass is 10.1. The first-order valence-electron chi connectivity index (χ1n) is 2.68. The summed E-state index contributed by atoms with van der Waals surface area (Å²) in [6, 6.07) is 0. The Labute approximate surface area is 56.5 Å². The molecule has 4 heteroatoms. The SMILES string of the molecule is [CH]=CCC(CF)C(F)(F)F. The second-order valence-corrected chi connectivity index (χ2v) is 1.86. The Bertz CT molecular complexity index is 105. The molecule has 0 aromatic rings. The standard InChI is InChI=1S/C6H7F4/c1-2-3-5(4-7)6(8,9)10/h1-2,5H,3-4H2. The first kappa shape index (κ1) is 9.46. The maximum Gasteiger partial charge on any atom is 0.394 e. The Balaban J connectivity index is 3.92. The number of halogens is 4. The molecule has 1 unspecified atom stereocenters. The molecule has 0 saturated heterocycles. The first-order chi connectivity index (χ1) is 4.52. The van der Waals surface area contributed by atoms with Gasteiger partial charge in [0.05, 0.1) is 5.92 Å². The minimum Gasteiger partial charge on any atom is -0.250 e. The van der Waals surface area contributed by atoms with Crippen molar-refractivity contribution in [1.82, 2.24) is 0 Å². The van der Waals surface area contributed by atoms with E-state index in [1.165, 1.54) is 0 Å². The molecule has 0 aliphatic carbocycles. The summed E-state index contributed by atoms with van der Waals surface area (Å²) in [7, 11) is 0. The summed E-state index contributed by atoms with van der Waals surface area (Å²) in [5.74, 6) is -1.93. The van der Waals surface area contributed by atoms with Gasteiger partial charge in [-0.25, -0.2) is 0 Å². The van der Waals surface area contributed by atoms with Crippen LogP contribution in [0.1, 0.15) is 6.42 Å². The van der Waals surface area contributed by atoms with Crippen molar-refractivity contribution in [3.05, 3.63) is 12.7 Å². The van der Waals surface area contributed by atoms with Gasteiger partial charge in [-0.3, -0.25) is 4.39 Å². The van der Waals surface area contributed by atoms with E-state index >= 15 is 0 Å². The Morgan fingerprint density at radius 3 is 2.00 bits per heavy atom. The number of allylic oxidation sites excluding steroid dienone is 1. The fourth-order valence-electron chi connectivity index (χ4n) is 0.448. The van der Waals surface area contributed by atoms with Gasteiger partial charge in [-0.1, -0.05) is 12.7 Å². The summed E-state index contributed by atoms with van der Waals surface area (Å²) in [4.78, 5) is 0. The maximum atomic E-state index is 11.6. The van der Waals surface area contributed by atoms with Crippen molar-refractivity contribution in [3.8, 4) is 0 Å². The van der Waals surface area contributed by atoms with E-state index in [9.17, 15) is 17.6 Å². The average Bonchev–Trinajstić information content (AvgIpc) is 1.80. The lowest BCUT2D eigenvalue weighted by molar-refractivity contribution is -0.177. The molecule has 1 atom stereocenters. The van der Waals surface area contributed by atoms with Gasteiger partial charge in [-0.05, 0) is 6.42 Å². The molecule has 0 fully saturated rings. The quantitative estimate of drug-likeness (QED) is 0.549. The lowest BCUT2D eigenvalue weighted by Gasteiger charge is -2.13. The molecular formula is C6H7F4. The predicted molar refractivity (Wildman–Crippen MR) is 29.0 cm³/mol. The van der Waals surface area contributed by atoms with Gasteiger partial charge in [0, 0.05) is 0 Å². The third-order valence-corrected chi connectivity index (χ3v) is 1.07. The van der Waals surface area contributed by atoms with E-state index in [0.29, 0.717) is 0 Å². The van der Waals surface area contributed by atoms with Crippen LogP contribution < -0.4 is 0 Å². The number of alkyl halides is 4. The summed E-state index contributed by atoms with van der Waals surface area (Å²) in [5, 5.41) is 0. The van der Waals surface area contributed by atoms with Crippen molar-refractivity contribution in [3.63, 3.8) is 0 Å². The molecule has 59 valence electrons. The number of hydrogen-bond acceptors (Lipinski definition) is 0. The summed E-state index contributed by atoms with van der Waals surface area (Å²) in [6.07, 6.45) is -4.11. The smallest absolute Gasteiger partial charge is 0.250 e. The van der Waals surface area contributed by atoms with Gasteiger partial charge < -0.3 is 0 Å². The van der Waals surface area contributed by atoms with E-state index in [2.05, 4.69) is 0 Å². The Morgan fingerprint density at radius 1 is 1.40 bits per heavy atom. The fourth-order valence-corrected chi connectivity index (χ4v) is 0.448. The summed E-state index contributed by atoms with van der Waals surface area (Å²) in [6.45, 7) is 3.30. The van der Waals surface area contributed by atoms with Crippen LogP contribution in [0.4, 0.5) is 17.6 Å². The van der Waals surface area contributed by atoms with E-state index in [1.54, 1.807) is 0 Å². The average molecular weight is 155 g/mol. The van der Waals surface area contributed by atoms with E-state index in [4.69, 9.17) is 6.58 Å². The predicted octanol–water partition coefficient (Wildman–Crippen LogP) is 2.51. The third-order valence-electron chi connectivity index (χ3n) is 1.07. The summed E-state index contributed by atoms with van der Waals surface area (Å²) in [5.41, 5.74) is 0. The van der Waals surface area contributed by atoms with Gasteiger partial charge >= 0.3 is 6.18 Å². The molecule has 0 bridgehead atoms. The maximum absolute atomic E-state index is 11.6. The van der Waals surface area contributed by atoms with Crippen LogP contribution in [0.2, 0.25) is 0 Å². The van der Waals surface area contributed by atoms with Crippen LogP contribution in [0.25, 0.3) is 0 Å². The topological polar surface area (TPSA) is 0 Å². The van der Waals surface area contributed by atoms with Crippen molar-refractivity contribution in [2.24, 2.45) is 5.92 Å². The molecule has 0 heterocycles. The van der Waals surface area contributed by atoms with Crippen LogP contribution >= 0.6 is 0 Å². The van der Waals surface area contributed by atoms with Crippen molar-refractivity contribution in [1.29, 1.82) is 0 Å². The molecule has 0 amide bonds. The van der Waals surface area contributed by atoms with Crippen molar-refractivity contribution >= 4 is 0 Å². The monoisotopic (exact) mass is 155 g/mol. The zero-order chi connectivity index (χ0) is 8.20. The van der Waals surface area contributed by atoms with Crippen LogP contribution in [0, 0.1) is 12.5 Å². The highest BCUT2D eigenvalue weighted by molar-refractivity contribution is 4.75. The second kappa shape index (κ2) is 3.58. The molecule has 0 nitrogen and oxygen atoms in total. The highest BCUT2D eigenvalue weighted by Crippen LogP contribution is 2.29. The highest BCUT2D eigenvalue weighted by Gasteiger charge is 2.38. The van der Waals surface area contributed by atoms with E-state index in [0.717, 1.165) is 6.08 Å². The van der Waals surface area contributed by atoms with Crippen molar-refractivity contribution in [2.75, 3.05) is 6.67 Å². The van der Waals surface area contributed by atoms with Gasteiger partial charge in [0.15, 0.2) is 0 Å². The van der Waals surface area contributed by atoms with Gasteiger partial charge in [-0.2, -0.15) is 13.2 Å². The Hall–Kier alpha value is -0.540. The second-order valence-electron chi connectivity index (χ2n) is 1.86. The Morgan fingerprint density at radius 2 is 1.90 bits per heavy atom. The Kier molecular flexibility index (Phi) is 3.39. The van der Waals surface area contributed by atoms with Crippen molar-refractivity contribution in [2.45, 2.75) is 12.6 Å². The van der Waals surface area contributed by atoms with Gasteiger partial charge in [-0.15, -0.1) is 0 Å². The molecule has 0 spiro atoms. The minimum atomic E-state index is -4.47. The molecule has 0 N–H and O–H groups in total. The van der Waals surface area contributed by atoms with Gasteiger partial charge in [0.2, 0.25) is 0 Å². The minimum absolute atomic E-state index is 0.458. The van der Waals surface area contributed by atoms with E-state index < -0.39 is 25.2 Å². The normalized spacial score (nSPS) is 14.8. The van der Waals surface area contributed by atoms with Crippen LogP contribution in [-0.2, 0) is 0 Å². The van der Waals surface area contributed by atoms with E-state index in [-0.39, 0.29) is 0 Å². The summed E-state index contributed by atoms with van der Waals surface area (Å²) < 4.78 is 46.3. The molecule has 0 rings (SSSR count). The lowest BCUT2D eigenvalue weighted by Crippen LogP contribution is -2.23. The molecule has 0 saturated carbocycles. The van der Waals surface area contributed by atoms with E-state index in [1.807, 2.05) is 0 Å². The van der Waals surface area contributed by atoms with Crippen LogP contribution in [0.15, 0.2) is 6.08 Å². The van der Waals surface area contributed by atoms with Crippen LogP contribution in [0.5, 0.6) is 0 Å². The zero-order valence-electron chi connectivity index (χ0n) is 5.16. The third kappa shape index (κ3) is 2.85. The molecule has 0 aromatic heterocycles. The van der Waals surface area contributed by atoms with Crippen LogP contribution in [0.3, 0.4) is 0 Å². The molecular weight excluding hydrogens is 148 g/mol. The number of hydrogen-bond donors (Lipinski definition) is 0. The molecule has 1 radical (unpaired) electrons. The zero-order valence-corrected chi connectivity index (χ0v) is 5.16. The molecule has 0 aliphatic rings.